The molecule has 0 aromatic carbocycles. The fourth-order valence-corrected chi connectivity index (χ4v) is 2.09. The van der Waals surface area contributed by atoms with E-state index in [1.165, 1.54) is 12.2 Å². The summed E-state index contributed by atoms with van der Waals surface area (Å²) in [4.78, 5) is 4.24. The van der Waals surface area contributed by atoms with Crippen LogP contribution in [0, 0.1) is 0 Å². The van der Waals surface area contributed by atoms with Crippen molar-refractivity contribution in [2.75, 3.05) is 5.33 Å². The van der Waals surface area contributed by atoms with Gasteiger partial charge in [0.2, 0.25) is 0 Å². The van der Waals surface area contributed by atoms with Gasteiger partial charge in [-0.1, -0.05) is 15.9 Å². The van der Waals surface area contributed by atoms with Crippen LogP contribution in [0.5, 0.6) is 0 Å². The van der Waals surface area contributed by atoms with Crippen LogP contribution in [0.1, 0.15) is 18.3 Å². The lowest BCUT2D eigenvalue weighted by molar-refractivity contribution is 0.594. The van der Waals surface area contributed by atoms with Gasteiger partial charge in [0.15, 0.2) is 0 Å². The number of nitrogens with zero attached hydrogens (tertiary/aromatic N) is 2. The van der Waals surface area contributed by atoms with Crippen LogP contribution in [-0.2, 0) is 6.42 Å². The van der Waals surface area contributed by atoms with Crippen LogP contribution in [0.3, 0.4) is 0 Å². The molecular weight excluding hydrogens is 192 g/mol. The average molecular weight is 201 g/mol. The normalized spacial score (nSPS) is 23.1. The first-order valence-corrected chi connectivity index (χ1v) is 4.61. The Morgan fingerprint density at radius 3 is 3.50 bits per heavy atom. The maximum Gasteiger partial charge on any atom is 0.108 e. The van der Waals surface area contributed by atoms with Crippen molar-refractivity contribution in [3.63, 3.8) is 0 Å². The molecule has 10 heavy (non-hydrogen) atoms. The molecule has 0 radical (unpaired) electrons. The molecule has 1 aliphatic rings. The number of imidazole rings is 1. The van der Waals surface area contributed by atoms with E-state index in [1.807, 2.05) is 6.20 Å². The fourth-order valence-electron chi connectivity index (χ4n) is 1.46. The summed E-state index contributed by atoms with van der Waals surface area (Å²) < 4.78 is 2.26. The van der Waals surface area contributed by atoms with E-state index in [0.29, 0.717) is 6.04 Å². The zero-order valence-electron chi connectivity index (χ0n) is 5.63. The largest absolute Gasteiger partial charge is 0.331 e. The van der Waals surface area contributed by atoms with Crippen molar-refractivity contribution in [3.8, 4) is 0 Å². The summed E-state index contributed by atoms with van der Waals surface area (Å²) in [5.41, 5.74) is 0. The van der Waals surface area contributed by atoms with Crippen molar-refractivity contribution in [2.45, 2.75) is 18.9 Å². The molecule has 0 unspecified atom stereocenters. The Labute approximate surface area is 68.4 Å². The molecule has 0 amide bonds. The molecule has 0 fully saturated rings. The molecule has 1 aliphatic heterocycles. The lowest BCUT2D eigenvalue weighted by Crippen LogP contribution is -2.02. The summed E-state index contributed by atoms with van der Waals surface area (Å²) in [5.74, 6) is 1.24. The van der Waals surface area contributed by atoms with Crippen molar-refractivity contribution in [2.24, 2.45) is 0 Å². The first-order valence-electron chi connectivity index (χ1n) is 3.49. The van der Waals surface area contributed by atoms with Crippen LogP contribution in [0.25, 0.3) is 0 Å². The molecule has 2 nitrogen and oxygen atoms in total. The fraction of sp³-hybridized carbons (Fsp3) is 0.571. The molecule has 0 saturated carbocycles. The molecule has 3 heteroatoms. The monoisotopic (exact) mass is 200 g/mol. The minimum absolute atomic E-state index is 0.650. The lowest BCUT2D eigenvalue weighted by atomic mass is 10.2. The van der Waals surface area contributed by atoms with E-state index in [1.54, 1.807) is 0 Å². The SMILES string of the molecule is BrC[C@@H]1CCc2nccn21. The van der Waals surface area contributed by atoms with Crippen LogP contribution < -0.4 is 0 Å². The van der Waals surface area contributed by atoms with E-state index >= 15 is 0 Å². The van der Waals surface area contributed by atoms with Gasteiger partial charge in [-0.3, -0.25) is 0 Å². The summed E-state index contributed by atoms with van der Waals surface area (Å²) in [5, 5.41) is 1.05. The van der Waals surface area contributed by atoms with Gasteiger partial charge in [0, 0.05) is 30.2 Å². The van der Waals surface area contributed by atoms with Gasteiger partial charge in [-0.05, 0) is 6.42 Å². The summed E-state index contributed by atoms with van der Waals surface area (Å²) in [6.45, 7) is 0. The Bertz CT molecular complexity index is 231. The van der Waals surface area contributed by atoms with E-state index in [0.717, 1.165) is 11.8 Å². The van der Waals surface area contributed by atoms with Gasteiger partial charge >= 0.3 is 0 Å². The van der Waals surface area contributed by atoms with Gasteiger partial charge < -0.3 is 4.57 Å². The Balaban J connectivity index is 2.34. The van der Waals surface area contributed by atoms with Crippen molar-refractivity contribution in [1.29, 1.82) is 0 Å². The molecule has 1 aromatic heterocycles. The molecule has 0 spiro atoms. The van der Waals surface area contributed by atoms with E-state index < -0.39 is 0 Å². The number of hydrogen-bond donors (Lipinski definition) is 0. The zero-order chi connectivity index (χ0) is 6.97. The number of fused-ring (bicyclic) bond motifs is 1. The Morgan fingerprint density at radius 1 is 1.80 bits per heavy atom. The lowest BCUT2D eigenvalue weighted by Gasteiger charge is -2.06. The number of aryl methyl sites for hydroxylation is 1. The highest BCUT2D eigenvalue weighted by atomic mass is 79.9. The molecule has 1 atom stereocenters. The summed E-state index contributed by atoms with van der Waals surface area (Å²) >= 11 is 3.48. The van der Waals surface area contributed by atoms with Gasteiger partial charge in [0.1, 0.15) is 5.82 Å². The summed E-state index contributed by atoms with van der Waals surface area (Å²) in [6.07, 6.45) is 6.33. The van der Waals surface area contributed by atoms with Crippen LogP contribution in [0.4, 0.5) is 0 Å². The first kappa shape index (κ1) is 6.40. The maximum atomic E-state index is 4.24. The third kappa shape index (κ3) is 0.804. The highest BCUT2D eigenvalue weighted by Gasteiger charge is 2.20. The smallest absolute Gasteiger partial charge is 0.108 e. The van der Waals surface area contributed by atoms with Crippen molar-refractivity contribution in [3.05, 3.63) is 18.2 Å². The van der Waals surface area contributed by atoms with Crippen molar-refractivity contribution < 1.29 is 0 Å². The zero-order valence-corrected chi connectivity index (χ0v) is 7.21. The number of rotatable bonds is 1. The number of aromatic nitrogens is 2. The van der Waals surface area contributed by atoms with Gasteiger partial charge in [-0.25, -0.2) is 4.98 Å². The van der Waals surface area contributed by atoms with Gasteiger partial charge in [0.25, 0.3) is 0 Å². The maximum absolute atomic E-state index is 4.24. The van der Waals surface area contributed by atoms with Gasteiger partial charge in [0.05, 0.1) is 0 Å². The third-order valence-electron chi connectivity index (χ3n) is 2.02. The molecule has 0 saturated heterocycles. The minimum atomic E-state index is 0.650. The van der Waals surface area contributed by atoms with Gasteiger partial charge in [-0.2, -0.15) is 0 Å². The third-order valence-corrected chi connectivity index (χ3v) is 2.77. The second-order valence-electron chi connectivity index (χ2n) is 2.60. The minimum Gasteiger partial charge on any atom is -0.331 e. The van der Waals surface area contributed by atoms with Crippen molar-refractivity contribution >= 4 is 15.9 Å². The van der Waals surface area contributed by atoms with E-state index in [-0.39, 0.29) is 0 Å². The predicted octanol–water partition coefficient (Wildman–Crippen LogP) is 1.77. The van der Waals surface area contributed by atoms with E-state index in [4.69, 9.17) is 0 Å². The number of alkyl halides is 1. The molecule has 1 aromatic rings. The Morgan fingerprint density at radius 2 is 2.70 bits per heavy atom. The second kappa shape index (κ2) is 2.38. The Hall–Kier alpha value is -0.310. The quantitative estimate of drug-likeness (QED) is 0.633. The molecule has 54 valence electrons. The summed E-state index contributed by atoms with van der Waals surface area (Å²) in [6, 6.07) is 0.650. The highest BCUT2D eigenvalue weighted by molar-refractivity contribution is 9.09. The summed E-state index contributed by atoms with van der Waals surface area (Å²) in [7, 11) is 0. The van der Waals surface area contributed by atoms with E-state index in [9.17, 15) is 0 Å². The van der Waals surface area contributed by atoms with Gasteiger partial charge in [-0.15, -0.1) is 0 Å². The molecule has 2 rings (SSSR count). The molecule has 0 aliphatic carbocycles. The second-order valence-corrected chi connectivity index (χ2v) is 3.25. The standard InChI is InChI=1S/C7H9BrN2/c8-5-6-1-2-7-9-3-4-10(6)7/h3-4,6H,1-2,5H2/t6-/m0/s1. The number of hydrogen-bond acceptors (Lipinski definition) is 1. The van der Waals surface area contributed by atoms with Crippen molar-refractivity contribution in [1.82, 2.24) is 9.55 Å². The predicted molar refractivity (Wildman–Crippen MR) is 43.4 cm³/mol. The first-order chi connectivity index (χ1) is 4.92. The average Bonchev–Trinajstić information content (AvgIpc) is 2.44. The molecule has 2 heterocycles. The number of halogens is 1. The topological polar surface area (TPSA) is 17.8 Å². The van der Waals surface area contributed by atoms with Crippen LogP contribution in [0.15, 0.2) is 12.4 Å². The molecular formula is C7H9BrN2. The molecule has 0 bridgehead atoms. The van der Waals surface area contributed by atoms with Crippen LogP contribution >= 0.6 is 15.9 Å². The highest BCUT2D eigenvalue weighted by Crippen LogP contribution is 2.25. The molecule has 0 N–H and O–H groups in total. The Kier molecular flexibility index (Phi) is 1.52. The van der Waals surface area contributed by atoms with Crippen LogP contribution in [-0.4, -0.2) is 14.9 Å². The van der Waals surface area contributed by atoms with Crippen LogP contribution in [0.2, 0.25) is 0 Å². The van der Waals surface area contributed by atoms with E-state index in [2.05, 4.69) is 31.7 Å².